The van der Waals surface area contributed by atoms with Gasteiger partial charge in [-0.05, 0) is 12.5 Å². The Morgan fingerprint density at radius 3 is 2.79 bits per heavy atom. The molecule has 0 saturated carbocycles. The maximum Gasteiger partial charge on any atom is 0.308 e. The Labute approximate surface area is 109 Å². The van der Waals surface area contributed by atoms with Gasteiger partial charge in [0.05, 0.1) is 10.8 Å². The van der Waals surface area contributed by atoms with E-state index in [1.165, 1.54) is 0 Å². The Bertz CT molecular complexity index is 479. The summed E-state index contributed by atoms with van der Waals surface area (Å²) in [5, 5.41) is 22.4. The van der Waals surface area contributed by atoms with Crippen LogP contribution in [0.1, 0.15) is 19.8 Å². The fraction of sp³-hybridized carbons (Fsp3) is 0.417. The first kappa shape index (κ1) is 14.9. The number of rotatable bonds is 7. The molecular formula is C12H15FN2O4. The number of hydrogen-bond acceptors (Lipinski definition) is 4. The van der Waals surface area contributed by atoms with Gasteiger partial charge in [-0.25, -0.2) is 4.39 Å². The van der Waals surface area contributed by atoms with Crippen LogP contribution >= 0.6 is 0 Å². The van der Waals surface area contributed by atoms with Gasteiger partial charge < -0.3 is 10.4 Å². The Morgan fingerprint density at radius 2 is 2.26 bits per heavy atom. The minimum absolute atomic E-state index is 0.00708. The van der Waals surface area contributed by atoms with Gasteiger partial charge in [-0.1, -0.05) is 13.3 Å². The molecular weight excluding hydrogens is 255 g/mol. The van der Waals surface area contributed by atoms with Crippen LogP contribution in [0.2, 0.25) is 0 Å². The minimum atomic E-state index is -0.978. The quantitative estimate of drug-likeness (QED) is 0.587. The molecule has 0 heterocycles. The predicted octanol–water partition coefficient (Wildman–Crippen LogP) is 2.65. The van der Waals surface area contributed by atoms with E-state index in [2.05, 4.69) is 5.32 Å². The second kappa shape index (κ2) is 6.67. The van der Waals surface area contributed by atoms with Crippen molar-refractivity contribution in [1.82, 2.24) is 0 Å². The zero-order chi connectivity index (χ0) is 14.4. The van der Waals surface area contributed by atoms with Crippen molar-refractivity contribution in [2.24, 2.45) is 5.92 Å². The number of carbonyl (C=O) groups is 1. The average Bonchev–Trinajstić information content (AvgIpc) is 2.33. The molecule has 1 aromatic rings. The van der Waals surface area contributed by atoms with Gasteiger partial charge in [0.2, 0.25) is 0 Å². The van der Waals surface area contributed by atoms with Crippen LogP contribution in [0.3, 0.4) is 0 Å². The summed E-state index contributed by atoms with van der Waals surface area (Å²) in [5.41, 5.74) is -0.283. The smallest absolute Gasteiger partial charge is 0.308 e. The lowest BCUT2D eigenvalue weighted by atomic mass is 10.0. The molecule has 1 rings (SSSR count). The summed E-state index contributed by atoms with van der Waals surface area (Å²) in [4.78, 5) is 21.1. The van der Waals surface area contributed by atoms with E-state index < -0.39 is 22.6 Å². The van der Waals surface area contributed by atoms with Crippen molar-refractivity contribution < 1.29 is 19.2 Å². The Kier molecular flexibility index (Phi) is 5.23. The summed E-state index contributed by atoms with van der Waals surface area (Å²) in [6.07, 6.45) is 1.13. The van der Waals surface area contributed by atoms with Gasteiger partial charge >= 0.3 is 5.97 Å². The van der Waals surface area contributed by atoms with E-state index in [-0.39, 0.29) is 17.9 Å². The number of nitro groups is 1. The lowest BCUT2D eigenvalue weighted by molar-refractivity contribution is -0.384. The molecule has 0 spiro atoms. The van der Waals surface area contributed by atoms with Crippen LogP contribution in [0, 0.1) is 21.8 Å². The van der Waals surface area contributed by atoms with Crippen molar-refractivity contribution in [2.45, 2.75) is 19.8 Å². The number of nitrogens with one attached hydrogen (secondary N) is 1. The SMILES string of the molecule is CCCC(CNc1cc(F)ccc1[N+](=O)[O-])C(=O)O. The number of aliphatic carboxylic acids is 1. The van der Waals surface area contributed by atoms with Crippen molar-refractivity contribution >= 4 is 17.3 Å². The van der Waals surface area contributed by atoms with Gasteiger partial charge in [0.15, 0.2) is 0 Å². The van der Waals surface area contributed by atoms with Crippen molar-refractivity contribution in [1.29, 1.82) is 0 Å². The third-order valence-corrected chi connectivity index (χ3v) is 2.68. The largest absolute Gasteiger partial charge is 0.481 e. The summed E-state index contributed by atoms with van der Waals surface area (Å²) >= 11 is 0. The Balaban J connectivity index is 2.83. The number of hydrogen-bond donors (Lipinski definition) is 2. The van der Waals surface area contributed by atoms with Crippen LogP contribution in [0.5, 0.6) is 0 Å². The minimum Gasteiger partial charge on any atom is -0.481 e. The summed E-state index contributed by atoms with van der Waals surface area (Å²) in [5.74, 6) is -2.25. The Hall–Kier alpha value is -2.18. The summed E-state index contributed by atoms with van der Waals surface area (Å²) in [6.45, 7) is 1.87. The van der Waals surface area contributed by atoms with E-state index in [0.29, 0.717) is 12.8 Å². The van der Waals surface area contributed by atoms with E-state index in [4.69, 9.17) is 5.11 Å². The summed E-state index contributed by atoms with van der Waals surface area (Å²) in [6, 6.07) is 3.03. The van der Waals surface area contributed by atoms with Gasteiger partial charge in [0.25, 0.3) is 5.69 Å². The number of nitro benzene ring substituents is 1. The van der Waals surface area contributed by atoms with E-state index in [0.717, 1.165) is 18.2 Å². The van der Waals surface area contributed by atoms with Crippen LogP contribution < -0.4 is 5.32 Å². The highest BCUT2D eigenvalue weighted by atomic mass is 19.1. The van der Waals surface area contributed by atoms with Crippen molar-refractivity contribution in [2.75, 3.05) is 11.9 Å². The number of benzene rings is 1. The molecule has 2 N–H and O–H groups in total. The van der Waals surface area contributed by atoms with Crippen LogP contribution in [0.25, 0.3) is 0 Å². The van der Waals surface area contributed by atoms with E-state index in [9.17, 15) is 19.3 Å². The maximum atomic E-state index is 13.1. The highest BCUT2D eigenvalue weighted by Gasteiger charge is 2.19. The number of nitrogens with zero attached hydrogens (tertiary/aromatic N) is 1. The molecule has 0 fully saturated rings. The molecule has 0 aliphatic rings. The lowest BCUT2D eigenvalue weighted by Crippen LogP contribution is -2.23. The normalized spacial score (nSPS) is 11.9. The fourth-order valence-electron chi connectivity index (χ4n) is 1.70. The average molecular weight is 270 g/mol. The van der Waals surface area contributed by atoms with Gasteiger partial charge in [0.1, 0.15) is 11.5 Å². The molecule has 0 saturated heterocycles. The topological polar surface area (TPSA) is 92.5 Å². The molecule has 7 heteroatoms. The zero-order valence-corrected chi connectivity index (χ0v) is 10.4. The standard InChI is InChI=1S/C12H15FN2O4/c1-2-3-8(12(16)17)7-14-10-6-9(13)4-5-11(10)15(18)19/h4-6,8,14H,2-3,7H2,1H3,(H,16,17). The molecule has 0 aliphatic carbocycles. The second-order valence-electron chi connectivity index (χ2n) is 4.12. The first-order valence-corrected chi connectivity index (χ1v) is 5.86. The van der Waals surface area contributed by atoms with Crippen LogP contribution in [0.15, 0.2) is 18.2 Å². The monoisotopic (exact) mass is 270 g/mol. The number of carboxylic acid groups (broad SMARTS) is 1. The number of carboxylic acids is 1. The highest BCUT2D eigenvalue weighted by molar-refractivity contribution is 5.71. The van der Waals surface area contributed by atoms with Crippen LogP contribution in [-0.2, 0) is 4.79 Å². The first-order valence-electron chi connectivity index (χ1n) is 5.86. The van der Waals surface area contributed by atoms with Crippen molar-refractivity contribution in [3.63, 3.8) is 0 Å². The van der Waals surface area contributed by atoms with Gasteiger partial charge in [-0.15, -0.1) is 0 Å². The van der Waals surface area contributed by atoms with Crippen molar-refractivity contribution in [3.8, 4) is 0 Å². The van der Waals surface area contributed by atoms with Gasteiger partial charge in [-0.2, -0.15) is 0 Å². The molecule has 0 radical (unpaired) electrons. The van der Waals surface area contributed by atoms with Gasteiger partial charge in [-0.3, -0.25) is 14.9 Å². The summed E-state index contributed by atoms with van der Waals surface area (Å²) < 4.78 is 13.1. The van der Waals surface area contributed by atoms with E-state index >= 15 is 0 Å². The maximum absolute atomic E-state index is 13.1. The van der Waals surface area contributed by atoms with Crippen LogP contribution in [0.4, 0.5) is 15.8 Å². The predicted molar refractivity (Wildman–Crippen MR) is 67.6 cm³/mol. The molecule has 0 aromatic heterocycles. The molecule has 6 nitrogen and oxygen atoms in total. The van der Waals surface area contributed by atoms with Crippen LogP contribution in [-0.4, -0.2) is 22.5 Å². The van der Waals surface area contributed by atoms with Crippen molar-refractivity contribution in [3.05, 3.63) is 34.1 Å². The molecule has 1 atom stereocenters. The lowest BCUT2D eigenvalue weighted by Gasteiger charge is -2.13. The first-order chi connectivity index (χ1) is 8.95. The third-order valence-electron chi connectivity index (χ3n) is 2.68. The third kappa shape index (κ3) is 4.20. The molecule has 19 heavy (non-hydrogen) atoms. The molecule has 0 amide bonds. The molecule has 104 valence electrons. The molecule has 1 aromatic carbocycles. The zero-order valence-electron chi connectivity index (χ0n) is 10.4. The molecule has 0 bridgehead atoms. The number of halogens is 1. The number of anilines is 1. The molecule has 1 unspecified atom stereocenters. The highest BCUT2D eigenvalue weighted by Crippen LogP contribution is 2.25. The van der Waals surface area contributed by atoms with Gasteiger partial charge in [0, 0.05) is 18.7 Å². The summed E-state index contributed by atoms with van der Waals surface area (Å²) in [7, 11) is 0. The van der Waals surface area contributed by atoms with E-state index in [1.807, 2.05) is 6.92 Å². The second-order valence-corrected chi connectivity index (χ2v) is 4.12. The van der Waals surface area contributed by atoms with E-state index in [1.54, 1.807) is 0 Å². The Morgan fingerprint density at radius 1 is 1.58 bits per heavy atom. The molecule has 0 aliphatic heterocycles. The fourth-order valence-corrected chi connectivity index (χ4v) is 1.70.